The molecular weight excluding hydrogens is 312 g/mol. The second-order valence-electron chi connectivity index (χ2n) is 5.90. The van der Waals surface area contributed by atoms with Gasteiger partial charge in [0.25, 0.3) is 5.56 Å². The van der Waals surface area contributed by atoms with Crippen LogP contribution >= 0.6 is 0 Å². The lowest BCUT2D eigenvalue weighted by atomic mass is 10.1. The standard InChI is InChI=1S/C15H20N6O3/c1-10-9-24-19-12(10)18-15(23)17-11-4-3-6-21(8-11)13-14(22)20(2)7-5-16-13/h5,7,9,11H,3-4,6,8H2,1-2H3,(H2,17,18,19,23). The molecule has 2 N–H and O–H groups in total. The number of nitrogens with zero attached hydrogens (tertiary/aromatic N) is 4. The summed E-state index contributed by atoms with van der Waals surface area (Å²) in [6.07, 6.45) is 6.41. The number of urea groups is 1. The van der Waals surface area contributed by atoms with Crippen LogP contribution < -0.4 is 21.1 Å². The number of amides is 2. The maximum atomic E-state index is 12.2. The molecule has 2 amide bonds. The number of aryl methyl sites for hydroxylation is 2. The zero-order valence-corrected chi connectivity index (χ0v) is 13.7. The van der Waals surface area contributed by atoms with Gasteiger partial charge in [-0.25, -0.2) is 9.78 Å². The zero-order valence-electron chi connectivity index (χ0n) is 13.7. The van der Waals surface area contributed by atoms with E-state index in [0.717, 1.165) is 24.9 Å². The number of carbonyl (C=O) groups excluding carboxylic acids is 1. The van der Waals surface area contributed by atoms with E-state index in [2.05, 4.69) is 20.8 Å². The predicted octanol–water partition coefficient (Wildman–Crippen LogP) is 0.867. The number of carbonyl (C=O) groups is 1. The van der Waals surface area contributed by atoms with Crippen molar-refractivity contribution >= 4 is 17.7 Å². The van der Waals surface area contributed by atoms with Crippen molar-refractivity contribution in [2.75, 3.05) is 23.3 Å². The summed E-state index contributed by atoms with van der Waals surface area (Å²) in [6, 6.07) is -0.412. The van der Waals surface area contributed by atoms with Crippen LogP contribution in [0.25, 0.3) is 0 Å². The summed E-state index contributed by atoms with van der Waals surface area (Å²) in [5, 5.41) is 9.29. The molecule has 1 atom stereocenters. The lowest BCUT2D eigenvalue weighted by Crippen LogP contribution is -2.50. The first-order valence-corrected chi connectivity index (χ1v) is 7.79. The monoisotopic (exact) mass is 332 g/mol. The summed E-state index contributed by atoms with van der Waals surface area (Å²) in [7, 11) is 1.70. The van der Waals surface area contributed by atoms with Crippen molar-refractivity contribution in [3.63, 3.8) is 0 Å². The highest BCUT2D eigenvalue weighted by Gasteiger charge is 2.24. The van der Waals surface area contributed by atoms with Gasteiger partial charge in [-0.15, -0.1) is 0 Å². The summed E-state index contributed by atoms with van der Waals surface area (Å²) < 4.78 is 6.29. The number of hydrogen-bond donors (Lipinski definition) is 2. The Morgan fingerprint density at radius 2 is 2.29 bits per heavy atom. The summed E-state index contributed by atoms with van der Waals surface area (Å²) in [6.45, 7) is 3.08. The van der Waals surface area contributed by atoms with E-state index in [1.165, 1.54) is 10.8 Å². The highest BCUT2D eigenvalue weighted by Crippen LogP contribution is 2.15. The largest absolute Gasteiger partial charge is 0.362 e. The fourth-order valence-electron chi connectivity index (χ4n) is 2.73. The second-order valence-corrected chi connectivity index (χ2v) is 5.90. The van der Waals surface area contributed by atoms with E-state index in [0.29, 0.717) is 18.2 Å². The molecule has 3 heterocycles. The molecule has 9 heteroatoms. The molecule has 3 rings (SSSR count). The van der Waals surface area contributed by atoms with Crippen molar-refractivity contribution in [2.45, 2.75) is 25.8 Å². The van der Waals surface area contributed by atoms with Crippen LogP contribution in [0.1, 0.15) is 18.4 Å². The van der Waals surface area contributed by atoms with Crippen LogP contribution in [0.2, 0.25) is 0 Å². The zero-order chi connectivity index (χ0) is 17.1. The Morgan fingerprint density at radius 3 is 3.04 bits per heavy atom. The molecule has 9 nitrogen and oxygen atoms in total. The maximum Gasteiger partial charge on any atom is 0.320 e. The molecule has 0 aliphatic carbocycles. The van der Waals surface area contributed by atoms with Gasteiger partial charge >= 0.3 is 6.03 Å². The van der Waals surface area contributed by atoms with Crippen LogP contribution in [-0.4, -0.2) is 39.9 Å². The van der Waals surface area contributed by atoms with Crippen LogP contribution in [0.5, 0.6) is 0 Å². The molecular formula is C15H20N6O3. The van der Waals surface area contributed by atoms with Crippen molar-refractivity contribution in [2.24, 2.45) is 7.05 Å². The van der Waals surface area contributed by atoms with Gasteiger partial charge in [-0.3, -0.25) is 10.1 Å². The fourth-order valence-corrected chi connectivity index (χ4v) is 2.73. The van der Waals surface area contributed by atoms with Crippen LogP contribution in [0, 0.1) is 6.92 Å². The number of piperidine rings is 1. The topological polar surface area (TPSA) is 105 Å². The molecule has 0 aromatic carbocycles. The van der Waals surface area contributed by atoms with E-state index in [9.17, 15) is 9.59 Å². The van der Waals surface area contributed by atoms with Gasteiger partial charge in [0.05, 0.1) is 0 Å². The van der Waals surface area contributed by atoms with Crippen LogP contribution in [0.4, 0.5) is 16.4 Å². The molecule has 2 aromatic rings. The quantitative estimate of drug-likeness (QED) is 0.864. The Hall–Kier alpha value is -2.84. The van der Waals surface area contributed by atoms with Crippen molar-refractivity contribution in [3.8, 4) is 0 Å². The van der Waals surface area contributed by atoms with Gasteiger partial charge in [0.1, 0.15) is 6.26 Å². The maximum absolute atomic E-state index is 12.2. The van der Waals surface area contributed by atoms with Gasteiger partial charge in [0, 0.05) is 44.1 Å². The minimum atomic E-state index is -0.340. The Kier molecular flexibility index (Phi) is 4.50. The first-order chi connectivity index (χ1) is 11.5. The number of aromatic nitrogens is 3. The highest BCUT2D eigenvalue weighted by atomic mass is 16.5. The molecule has 24 heavy (non-hydrogen) atoms. The Balaban J connectivity index is 1.63. The van der Waals surface area contributed by atoms with Crippen molar-refractivity contribution in [1.29, 1.82) is 0 Å². The van der Waals surface area contributed by atoms with Gasteiger partial charge in [-0.1, -0.05) is 5.16 Å². The van der Waals surface area contributed by atoms with E-state index in [-0.39, 0.29) is 17.6 Å². The van der Waals surface area contributed by atoms with E-state index >= 15 is 0 Å². The summed E-state index contributed by atoms with van der Waals surface area (Å²) in [4.78, 5) is 30.4. The van der Waals surface area contributed by atoms with Crippen LogP contribution in [0.3, 0.4) is 0 Å². The number of anilines is 2. The number of rotatable bonds is 3. The Labute approximate surface area is 138 Å². The van der Waals surface area contributed by atoms with Crippen LogP contribution in [-0.2, 0) is 7.05 Å². The normalized spacial score (nSPS) is 17.6. The minimum absolute atomic E-state index is 0.0716. The van der Waals surface area contributed by atoms with E-state index in [1.54, 1.807) is 26.4 Å². The first-order valence-electron chi connectivity index (χ1n) is 7.79. The molecule has 0 saturated carbocycles. The third-order valence-electron chi connectivity index (χ3n) is 4.03. The lowest BCUT2D eigenvalue weighted by molar-refractivity contribution is 0.246. The third kappa shape index (κ3) is 3.39. The second kappa shape index (κ2) is 6.73. The average Bonchev–Trinajstić information content (AvgIpc) is 2.95. The molecule has 1 fully saturated rings. The van der Waals surface area contributed by atoms with E-state index in [4.69, 9.17) is 4.52 Å². The fraction of sp³-hybridized carbons (Fsp3) is 0.467. The highest BCUT2D eigenvalue weighted by molar-refractivity contribution is 5.89. The smallest absolute Gasteiger partial charge is 0.320 e. The third-order valence-corrected chi connectivity index (χ3v) is 4.03. The van der Waals surface area contributed by atoms with Crippen molar-refractivity contribution in [1.82, 2.24) is 20.0 Å². The van der Waals surface area contributed by atoms with E-state index in [1.807, 2.05) is 4.90 Å². The van der Waals surface area contributed by atoms with E-state index < -0.39 is 0 Å². The van der Waals surface area contributed by atoms with Crippen LogP contribution in [0.15, 0.2) is 28.0 Å². The van der Waals surface area contributed by atoms with Crippen molar-refractivity contribution < 1.29 is 9.32 Å². The number of nitrogens with one attached hydrogen (secondary N) is 2. The predicted molar refractivity (Wildman–Crippen MR) is 88.1 cm³/mol. The summed E-state index contributed by atoms with van der Waals surface area (Å²) >= 11 is 0. The molecule has 0 radical (unpaired) electrons. The molecule has 0 spiro atoms. The van der Waals surface area contributed by atoms with Gasteiger partial charge in [-0.05, 0) is 19.8 Å². The van der Waals surface area contributed by atoms with Gasteiger partial charge in [0.2, 0.25) is 0 Å². The Bertz CT molecular complexity index is 784. The van der Waals surface area contributed by atoms with Crippen molar-refractivity contribution in [3.05, 3.63) is 34.6 Å². The molecule has 0 bridgehead atoms. The van der Waals surface area contributed by atoms with Gasteiger partial charge < -0.3 is 19.3 Å². The molecule has 1 unspecified atom stereocenters. The molecule has 1 aliphatic heterocycles. The first kappa shape index (κ1) is 16.0. The molecule has 1 saturated heterocycles. The summed E-state index contributed by atoms with van der Waals surface area (Å²) in [5.41, 5.74) is 0.619. The SMILES string of the molecule is Cc1conc1NC(=O)NC1CCCN(c2nccn(C)c2=O)C1. The number of hydrogen-bond acceptors (Lipinski definition) is 6. The van der Waals surface area contributed by atoms with Gasteiger partial charge in [-0.2, -0.15) is 0 Å². The molecule has 1 aliphatic rings. The van der Waals surface area contributed by atoms with Gasteiger partial charge in [0.15, 0.2) is 11.6 Å². The Morgan fingerprint density at radius 1 is 1.46 bits per heavy atom. The minimum Gasteiger partial charge on any atom is -0.362 e. The average molecular weight is 332 g/mol. The summed E-state index contributed by atoms with van der Waals surface area (Å²) in [5.74, 6) is 0.818. The molecule has 2 aromatic heterocycles. The lowest BCUT2D eigenvalue weighted by Gasteiger charge is -2.33. The molecule has 128 valence electrons.